The van der Waals surface area contributed by atoms with E-state index in [1.807, 2.05) is 20.8 Å². The number of hydrogen-bond acceptors (Lipinski definition) is 9. The number of rotatable bonds is 6. The van der Waals surface area contributed by atoms with Gasteiger partial charge in [-0.05, 0) is 64.8 Å². The molecule has 1 aromatic carbocycles. The molecule has 1 aliphatic rings. The van der Waals surface area contributed by atoms with Crippen LogP contribution >= 0.6 is 11.3 Å². The molecule has 1 aliphatic heterocycles. The molecule has 1 fully saturated rings. The molecular weight excluding hydrogens is 581 g/mol. The Labute approximate surface area is 248 Å². The minimum absolute atomic E-state index is 0.119. The molecule has 222 valence electrons. The van der Waals surface area contributed by atoms with Gasteiger partial charge in [0, 0.05) is 30.3 Å². The van der Waals surface area contributed by atoms with E-state index in [1.165, 1.54) is 29.7 Å². The van der Waals surface area contributed by atoms with Crippen molar-refractivity contribution in [2.45, 2.75) is 63.4 Å². The normalized spacial score (nSPS) is 15.4. The molecule has 4 aromatic rings. The van der Waals surface area contributed by atoms with Crippen molar-refractivity contribution >= 4 is 33.1 Å². The number of thiazole rings is 1. The van der Waals surface area contributed by atoms with Crippen LogP contribution in [0.2, 0.25) is 0 Å². The quantitative estimate of drug-likeness (QED) is 0.265. The summed E-state index contributed by atoms with van der Waals surface area (Å²) in [5.41, 5.74) is -0.130. The fraction of sp³-hybridized carbons (Fsp3) is 0.379. The van der Waals surface area contributed by atoms with E-state index in [4.69, 9.17) is 14.1 Å². The van der Waals surface area contributed by atoms with E-state index in [0.717, 1.165) is 11.3 Å². The number of anilines is 1. The molecule has 1 saturated heterocycles. The van der Waals surface area contributed by atoms with Crippen molar-refractivity contribution in [1.29, 1.82) is 0 Å². The molecule has 0 spiro atoms. The van der Waals surface area contributed by atoms with Crippen molar-refractivity contribution in [3.05, 3.63) is 65.7 Å². The lowest BCUT2D eigenvalue weighted by molar-refractivity contribution is 0.0171. The maximum absolute atomic E-state index is 16.1. The number of sulfonamides is 1. The van der Waals surface area contributed by atoms with Gasteiger partial charge in [0.1, 0.15) is 22.6 Å². The van der Waals surface area contributed by atoms with Crippen LogP contribution in [0.4, 0.5) is 14.9 Å². The highest BCUT2D eigenvalue weighted by Gasteiger charge is 2.38. The molecule has 1 N–H and O–H groups in total. The fourth-order valence-electron chi connectivity index (χ4n) is 4.64. The van der Waals surface area contributed by atoms with Crippen molar-refractivity contribution in [2.24, 2.45) is 0 Å². The Morgan fingerprint density at radius 3 is 2.55 bits per heavy atom. The number of aryl methyl sites for hydroxylation is 1. The highest BCUT2D eigenvalue weighted by molar-refractivity contribution is 7.92. The van der Waals surface area contributed by atoms with Crippen LogP contribution in [0.25, 0.3) is 21.8 Å². The van der Waals surface area contributed by atoms with Crippen molar-refractivity contribution in [3.8, 4) is 21.8 Å². The second-order valence-corrected chi connectivity index (χ2v) is 14.1. The van der Waals surface area contributed by atoms with E-state index >= 15 is 4.39 Å². The second kappa shape index (κ2) is 11.1. The molecule has 10 nitrogen and oxygen atoms in total. The van der Waals surface area contributed by atoms with Gasteiger partial charge < -0.3 is 14.1 Å². The van der Waals surface area contributed by atoms with Crippen LogP contribution in [-0.2, 0) is 20.2 Å². The number of benzene rings is 1. The molecule has 3 aromatic heterocycles. The van der Waals surface area contributed by atoms with Crippen molar-refractivity contribution in [3.63, 3.8) is 0 Å². The Kier molecular flexibility index (Phi) is 7.84. The maximum Gasteiger partial charge on any atom is 0.410 e. The second-order valence-electron chi connectivity index (χ2n) is 11.4. The number of nitrogens with one attached hydrogen (secondary N) is 1. The number of aromatic nitrogens is 3. The molecule has 0 bridgehead atoms. The Hall–Kier alpha value is -3.84. The van der Waals surface area contributed by atoms with Crippen LogP contribution in [-0.4, -0.2) is 53.1 Å². The number of nitrogens with zero attached hydrogens (tertiary/aromatic N) is 4. The predicted molar refractivity (Wildman–Crippen MR) is 157 cm³/mol. The molecule has 42 heavy (non-hydrogen) atoms. The van der Waals surface area contributed by atoms with Crippen LogP contribution in [0.15, 0.2) is 58.4 Å². The van der Waals surface area contributed by atoms with E-state index in [-0.39, 0.29) is 22.2 Å². The Bertz CT molecular complexity index is 1710. The minimum Gasteiger partial charge on any atom is -0.471 e. The van der Waals surface area contributed by atoms with Crippen LogP contribution in [0.5, 0.6) is 0 Å². The third-order valence-electron chi connectivity index (χ3n) is 6.97. The van der Waals surface area contributed by atoms with Gasteiger partial charge in [0.05, 0.1) is 33.2 Å². The monoisotopic (exact) mass is 613 g/mol. The standard InChI is InChI=1S/C29H32FN5O5S2/c1-18-31-13-9-22(32-18)25-24(20-7-6-8-21(23(20)30)34-42(37,38)19-10-16-39-17-19)33-26(41-25)29(5)11-14-35(15-12-29)27(36)40-28(2,3)4/h6-10,13,16-17,34H,11-12,14-15H2,1-5H3. The third kappa shape index (κ3) is 6.16. The van der Waals surface area contributed by atoms with Gasteiger partial charge in [-0.2, -0.15) is 0 Å². The van der Waals surface area contributed by atoms with E-state index in [0.29, 0.717) is 48.0 Å². The predicted octanol–water partition coefficient (Wildman–Crippen LogP) is 6.40. The van der Waals surface area contributed by atoms with Gasteiger partial charge in [0.25, 0.3) is 10.0 Å². The van der Waals surface area contributed by atoms with Crippen LogP contribution < -0.4 is 4.72 Å². The van der Waals surface area contributed by atoms with E-state index in [9.17, 15) is 13.2 Å². The number of carbonyl (C=O) groups is 1. The van der Waals surface area contributed by atoms with E-state index in [2.05, 4.69) is 21.6 Å². The van der Waals surface area contributed by atoms with Gasteiger partial charge in [0.2, 0.25) is 0 Å². The lowest BCUT2D eigenvalue weighted by Crippen LogP contribution is -2.45. The summed E-state index contributed by atoms with van der Waals surface area (Å²) in [5, 5.41) is 0.774. The molecular formula is C29H32FN5O5S2. The summed E-state index contributed by atoms with van der Waals surface area (Å²) in [5.74, 6) is -0.217. The number of furan rings is 1. The van der Waals surface area contributed by atoms with Gasteiger partial charge in [-0.1, -0.05) is 13.0 Å². The first-order valence-corrected chi connectivity index (χ1v) is 15.7. The largest absolute Gasteiger partial charge is 0.471 e. The Morgan fingerprint density at radius 2 is 1.90 bits per heavy atom. The lowest BCUT2D eigenvalue weighted by Gasteiger charge is -2.38. The van der Waals surface area contributed by atoms with Crippen LogP contribution in [0.3, 0.4) is 0 Å². The molecule has 4 heterocycles. The maximum atomic E-state index is 16.1. The number of halogens is 1. The number of likely N-dealkylation sites (tertiary alicyclic amines) is 1. The van der Waals surface area contributed by atoms with Crippen molar-refractivity contribution in [2.75, 3.05) is 17.8 Å². The highest BCUT2D eigenvalue weighted by atomic mass is 32.2. The summed E-state index contributed by atoms with van der Waals surface area (Å²) in [4.78, 5) is 28.6. The van der Waals surface area contributed by atoms with Crippen LogP contribution in [0, 0.1) is 12.7 Å². The zero-order chi connectivity index (χ0) is 30.3. The number of ether oxygens (including phenoxy) is 1. The number of amides is 1. The first kappa shape index (κ1) is 29.6. The van der Waals surface area contributed by atoms with E-state index in [1.54, 1.807) is 36.2 Å². The lowest BCUT2D eigenvalue weighted by atomic mass is 9.81. The van der Waals surface area contributed by atoms with Crippen molar-refractivity contribution < 1.29 is 26.8 Å². The average Bonchev–Trinajstić information content (AvgIpc) is 3.61. The summed E-state index contributed by atoms with van der Waals surface area (Å²) in [7, 11) is -4.07. The summed E-state index contributed by atoms with van der Waals surface area (Å²) < 4.78 is 54.4. The average molecular weight is 614 g/mol. The molecule has 0 atom stereocenters. The number of hydrogen-bond donors (Lipinski definition) is 1. The molecule has 0 unspecified atom stereocenters. The van der Waals surface area contributed by atoms with Gasteiger partial charge in [-0.25, -0.2) is 32.6 Å². The van der Waals surface area contributed by atoms with Gasteiger partial charge >= 0.3 is 6.09 Å². The number of piperidine rings is 1. The topological polar surface area (TPSA) is 128 Å². The minimum atomic E-state index is -4.07. The molecule has 5 rings (SSSR count). The summed E-state index contributed by atoms with van der Waals surface area (Å²) in [6, 6.07) is 7.51. The first-order chi connectivity index (χ1) is 19.8. The van der Waals surface area contributed by atoms with Gasteiger partial charge in [-0.3, -0.25) is 4.72 Å². The smallest absolute Gasteiger partial charge is 0.410 e. The first-order valence-electron chi connectivity index (χ1n) is 13.4. The molecule has 0 radical (unpaired) electrons. The Morgan fingerprint density at radius 1 is 1.17 bits per heavy atom. The van der Waals surface area contributed by atoms with Crippen LogP contribution in [0.1, 0.15) is 51.4 Å². The van der Waals surface area contributed by atoms with Gasteiger partial charge in [-0.15, -0.1) is 11.3 Å². The SMILES string of the molecule is Cc1nccc(-c2sc(C3(C)CCN(C(=O)OC(C)(C)C)CC3)nc2-c2cccc(NS(=O)(=O)c3ccoc3)c2F)n1. The zero-order valence-electron chi connectivity index (χ0n) is 24.0. The third-order valence-corrected chi connectivity index (χ3v) is 9.70. The summed E-state index contributed by atoms with van der Waals surface area (Å²) >= 11 is 1.41. The molecule has 0 saturated carbocycles. The summed E-state index contributed by atoms with van der Waals surface area (Å²) in [6.45, 7) is 10.3. The van der Waals surface area contributed by atoms with E-state index < -0.39 is 26.9 Å². The number of carbonyl (C=O) groups excluding carboxylic acids is 1. The molecule has 13 heteroatoms. The highest BCUT2D eigenvalue weighted by Crippen LogP contribution is 2.45. The zero-order valence-corrected chi connectivity index (χ0v) is 25.6. The Balaban J connectivity index is 1.52. The van der Waals surface area contributed by atoms with Gasteiger partial charge in [0.15, 0.2) is 5.82 Å². The molecule has 1 amide bonds. The van der Waals surface area contributed by atoms with Crippen molar-refractivity contribution in [1.82, 2.24) is 19.9 Å². The summed E-state index contributed by atoms with van der Waals surface area (Å²) in [6.07, 6.45) is 4.85. The molecule has 0 aliphatic carbocycles. The fourth-order valence-corrected chi connectivity index (χ4v) is 6.88.